The highest BCUT2D eigenvalue weighted by atomic mass is 32.1. The second-order valence-corrected chi connectivity index (χ2v) is 9.55. The molecule has 0 radical (unpaired) electrons. The molecule has 6 rings (SSSR count). The number of benzene rings is 1. The van der Waals surface area contributed by atoms with Gasteiger partial charge in [-0.15, -0.1) is 22.7 Å². The maximum absolute atomic E-state index is 4.50. The Balaban J connectivity index is 1.27. The Morgan fingerprint density at radius 3 is 2.88 bits per heavy atom. The van der Waals surface area contributed by atoms with Gasteiger partial charge in [-0.05, 0) is 49.1 Å². The number of hydrogen-bond donors (Lipinski definition) is 1. The molecule has 1 aliphatic rings. The maximum atomic E-state index is 4.50. The first kappa shape index (κ1) is 19.3. The molecule has 0 spiro atoms. The molecule has 1 aliphatic heterocycles. The minimum atomic E-state index is 0.780. The van der Waals surface area contributed by atoms with Gasteiger partial charge >= 0.3 is 0 Å². The van der Waals surface area contributed by atoms with Crippen LogP contribution in [0.4, 0.5) is 11.5 Å². The fourth-order valence-electron chi connectivity index (χ4n) is 4.02. The molecule has 32 heavy (non-hydrogen) atoms. The van der Waals surface area contributed by atoms with E-state index in [0.717, 1.165) is 51.9 Å². The van der Waals surface area contributed by atoms with Crippen LogP contribution in [-0.2, 0) is 6.54 Å². The Hall–Kier alpha value is -3.41. The summed E-state index contributed by atoms with van der Waals surface area (Å²) in [4.78, 5) is 17.5. The lowest BCUT2D eigenvalue weighted by Crippen LogP contribution is -2.10. The van der Waals surface area contributed by atoms with Gasteiger partial charge in [-0.2, -0.15) is 0 Å². The molecular weight excluding hydrogens is 436 g/mol. The molecule has 8 heteroatoms. The third kappa shape index (κ3) is 3.81. The van der Waals surface area contributed by atoms with Crippen molar-refractivity contribution in [3.8, 4) is 12.0 Å². The fraction of sp³-hybridized carbons (Fsp3) is 0.208. The SMILES string of the molecule is C(#CN1CCCC1)c1cc2c(Nc3ccc4c(ccn4Cc4cscn4)c3)ncnc2s1. The summed E-state index contributed by atoms with van der Waals surface area (Å²) in [6.45, 7) is 2.92. The number of hydrogen-bond acceptors (Lipinski definition) is 7. The summed E-state index contributed by atoms with van der Waals surface area (Å²) in [7, 11) is 0. The molecule has 0 saturated carbocycles. The van der Waals surface area contributed by atoms with E-state index in [1.807, 2.05) is 5.51 Å². The molecule has 5 heterocycles. The van der Waals surface area contributed by atoms with Gasteiger partial charge in [0.15, 0.2) is 0 Å². The van der Waals surface area contributed by atoms with Crippen molar-refractivity contribution in [2.45, 2.75) is 19.4 Å². The van der Waals surface area contributed by atoms with E-state index in [0.29, 0.717) is 0 Å². The first-order valence-electron chi connectivity index (χ1n) is 10.6. The van der Waals surface area contributed by atoms with Gasteiger partial charge < -0.3 is 14.8 Å². The number of aromatic nitrogens is 4. The minimum Gasteiger partial charge on any atom is -0.341 e. The molecule has 0 unspecified atom stereocenters. The summed E-state index contributed by atoms with van der Waals surface area (Å²) in [6, 6.07) is 13.9. The zero-order chi connectivity index (χ0) is 21.3. The largest absolute Gasteiger partial charge is 0.341 e. The lowest BCUT2D eigenvalue weighted by atomic mass is 10.2. The molecular formula is C24H20N6S2. The van der Waals surface area contributed by atoms with Gasteiger partial charge in [0.05, 0.1) is 28.0 Å². The molecule has 0 atom stereocenters. The van der Waals surface area contributed by atoms with Crippen molar-refractivity contribution in [3.05, 3.63) is 64.3 Å². The molecule has 5 aromatic rings. The average Bonchev–Trinajstić information content (AvgIpc) is 3.60. The number of fused-ring (bicyclic) bond motifs is 2. The monoisotopic (exact) mass is 456 g/mol. The van der Waals surface area contributed by atoms with Crippen LogP contribution in [0.25, 0.3) is 21.1 Å². The highest BCUT2D eigenvalue weighted by molar-refractivity contribution is 7.19. The van der Waals surface area contributed by atoms with Crippen molar-refractivity contribution in [2.75, 3.05) is 18.4 Å². The van der Waals surface area contributed by atoms with Gasteiger partial charge in [0.25, 0.3) is 0 Å². The summed E-state index contributed by atoms with van der Waals surface area (Å²) >= 11 is 3.24. The van der Waals surface area contributed by atoms with E-state index in [2.05, 4.69) is 83.6 Å². The van der Waals surface area contributed by atoms with Crippen molar-refractivity contribution in [1.29, 1.82) is 0 Å². The molecule has 4 aromatic heterocycles. The van der Waals surface area contributed by atoms with E-state index < -0.39 is 0 Å². The van der Waals surface area contributed by atoms with Crippen LogP contribution in [0.1, 0.15) is 23.4 Å². The van der Waals surface area contributed by atoms with Crippen LogP contribution >= 0.6 is 22.7 Å². The molecule has 6 nitrogen and oxygen atoms in total. The second-order valence-electron chi connectivity index (χ2n) is 7.80. The van der Waals surface area contributed by atoms with Crippen LogP contribution in [0.5, 0.6) is 0 Å². The van der Waals surface area contributed by atoms with Gasteiger partial charge in [-0.25, -0.2) is 15.0 Å². The Morgan fingerprint density at radius 2 is 2.00 bits per heavy atom. The number of likely N-dealkylation sites (tertiary alicyclic amines) is 1. The van der Waals surface area contributed by atoms with E-state index in [1.165, 1.54) is 23.7 Å². The van der Waals surface area contributed by atoms with Crippen molar-refractivity contribution in [3.63, 3.8) is 0 Å². The summed E-state index contributed by atoms with van der Waals surface area (Å²) in [5.74, 6) is 4.11. The van der Waals surface area contributed by atoms with Gasteiger partial charge in [0.2, 0.25) is 0 Å². The predicted molar refractivity (Wildman–Crippen MR) is 132 cm³/mol. The normalized spacial score (nSPS) is 13.6. The minimum absolute atomic E-state index is 0.780. The molecule has 1 N–H and O–H groups in total. The van der Waals surface area contributed by atoms with E-state index in [-0.39, 0.29) is 0 Å². The number of rotatable bonds is 4. The number of nitrogens with one attached hydrogen (secondary N) is 1. The predicted octanol–water partition coefficient (Wildman–Crippen LogP) is 5.30. The quantitative estimate of drug-likeness (QED) is 0.372. The zero-order valence-corrected chi connectivity index (χ0v) is 18.9. The molecule has 1 fully saturated rings. The summed E-state index contributed by atoms with van der Waals surface area (Å²) in [6.07, 6.45) is 6.20. The molecule has 1 saturated heterocycles. The number of thiazole rings is 1. The topological polar surface area (TPSA) is 58.9 Å². The summed E-state index contributed by atoms with van der Waals surface area (Å²) in [5.41, 5.74) is 5.14. The van der Waals surface area contributed by atoms with Crippen molar-refractivity contribution in [2.24, 2.45) is 0 Å². The molecule has 1 aromatic carbocycles. The lowest BCUT2D eigenvalue weighted by Gasteiger charge is -2.08. The van der Waals surface area contributed by atoms with Crippen molar-refractivity contribution < 1.29 is 0 Å². The smallest absolute Gasteiger partial charge is 0.142 e. The number of thiophene rings is 1. The zero-order valence-electron chi connectivity index (χ0n) is 17.3. The number of anilines is 2. The molecule has 0 aliphatic carbocycles. The van der Waals surface area contributed by atoms with Crippen LogP contribution in [0.3, 0.4) is 0 Å². The Bertz CT molecular complexity index is 1450. The molecule has 0 amide bonds. The average molecular weight is 457 g/mol. The maximum Gasteiger partial charge on any atom is 0.142 e. The van der Waals surface area contributed by atoms with Crippen molar-refractivity contribution >= 4 is 55.3 Å². The van der Waals surface area contributed by atoms with Crippen LogP contribution in [0.15, 0.2) is 53.7 Å². The van der Waals surface area contributed by atoms with Crippen LogP contribution in [0, 0.1) is 12.0 Å². The highest BCUT2D eigenvalue weighted by Crippen LogP contribution is 2.30. The third-order valence-electron chi connectivity index (χ3n) is 5.62. The Morgan fingerprint density at radius 1 is 1.06 bits per heavy atom. The molecule has 158 valence electrons. The summed E-state index contributed by atoms with van der Waals surface area (Å²) in [5, 5.41) is 7.75. The summed E-state index contributed by atoms with van der Waals surface area (Å²) < 4.78 is 2.22. The first-order valence-corrected chi connectivity index (χ1v) is 12.3. The Labute approximate surface area is 193 Å². The van der Waals surface area contributed by atoms with E-state index in [1.54, 1.807) is 29.0 Å². The molecule has 0 bridgehead atoms. The Kier molecular flexibility index (Phi) is 4.98. The van der Waals surface area contributed by atoms with Crippen molar-refractivity contribution in [1.82, 2.24) is 24.4 Å². The van der Waals surface area contributed by atoms with Gasteiger partial charge in [0, 0.05) is 47.3 Å². The van der Waals surface area contributed by atoms with E-state index in [4.69, 9.17) is 0 Å². The second kappa shape index (κ2) is 8.26. The van der Waals surface area contributed by atoms with Crippen LogP contribution in [-0.4, -0.2) is 37.5 Å². The van der Waals surface area contributed by atoms with Gasteiger partial charge in [0.1, 0.15) is 17.0 Å². The standard InChI is InChI=1S/C24H20N6S2/c1-2-8-29(7-1)9-6-20-12-21-23(25-15-26-24(21)32-20)28-18-3-4-22-17(11-18)5-10-30(22)13-19-14-31-16-27-19/h3-5,10-12,14-16H,1-2,7-8,13H2,(H,25,26,28). The first-order chi connectivity index (χ1) is 15.8. The number of nitrogens with zero attached hydrogens (tertiary/aromatic N) is 5. The van der Waals surface area contributed by atoms with E-state index in [9.17, 15) is 0 Å². The van der Waals surface area contributed by atoms with Crippen LogP contribution in [0.2, 0.25) is 0 Å². The fourth-order valence-corrected chi connectivity index (χ4v) is 5.42. The highest BCUT2D eigenvalue weighted by Gasteiger charge is 2.11. The lowest BCUT2D eigenvalue weighted by molar-refractivity contribution is 0.496. The van der Waals surface area contributed by atoms with E-state index >= 15 is 0 Å². The van der Waals surface area contributed by atoms with Gasteiger partial charge in [-0.3, -0.25) is 0 Å². The van der Waals surface area contributed by atoms with Gasteiger partial charge in [-0.1, -0.05) is 0 Å². The third-order valence-corrected chi connectivity index (χ3v) is 7.22. The van der Waals surface area contributed by atoms with Crippen LogP contribution < -0.4 is 5.32 Å².